The fraction of sp³-hybridized carbons (Fsp3) is 0.304. The second-order valence-corrected chi connectivity index (χ2v) is 8.21. The van der Waals surface area contributed by atoms with Gasteiger partial charge in [0.15, 0.2) is 6.61 Å². The molecule has 0 bridgehead atoms. The van der Waals surface area contributed by atoms with Gasteiger partial charge in [-0.1, -0.05) is 18.5 Å². The summed E-state index contributed by atoms with van der Waals surface area (Å²) >= 11 is 9.21. The lowest BCUT2D eigenvalue weighted by molar-refractivity contribution is -0.147. The van der Waals surface area contributed by atoms with E-state index in [0.29, 0.717) is 33.0 Å². The van der Waals surface area contributed by atoms with Crippen molar-refractivity contribution in [1.82, 2.24) is 0 Å². The first-order valence-electron chi connectivity index (χ1n) is 10.3. The molecule has 0 saturated carbocycles. The summed E-state index contributed by atoms with van der Waals surface area (Å²) in [6, 6.07) is 11.2. The molecule has 0 aliphatic heterocycles. The Hall–Kier alpha value is -2.91. The van der Waals surface area contributed by atoms with Gasteiger partial charge in [0.2, 0.25) is 5.91 Å². The van der Waals surface area contributed by atoms with Gasteiger partial charge in [-0.2, -0.15) is 0 Å². The Balaban J connectivity index is 1.65. The van der Waals surface area contributed by atoms with Crippen LogP contribution in [-0.2, 0) is 23.9 Å². The highest BCUT2D eigenvalue weighted by atomic mass is 79.9. The molecule has 0 aromatic heterocycles. The first-order valence-corrected chi connectivity index (χ1v) is 11.4. The molecule has 2 aromatic carbocycles. The van der Waals surface area contributed by atoms with Crippen molar-refractivity contribution in [3.05, 3.63) is 57.5 Å². The zero-order valence-electron chi connectivity index (χ0n) is 18.0. The predicted octanol–water partition coefficient (Wildman–Crippen LogP) is 4.96. The van der Waals surface area contributed by atoms with Crippen molar-refractivity contribution in [2.24, 2.45) is 0 Å². The summed E-state index contributed by atoms with van der Waals surface area (Å²) in [5.41, 5.74) is 1.41. The lowest BCUT2D eigenvalue weighted by atomic mass is 10.2. The van der Waals surface area contributed by atoms with Crippen molar-refractivity contribution < 1.29 is 28.7 Å². The number of amides is 2. The average molecular weight is 540 g/mol. The molecule has 176 valence electrons. The molecule has 0 saturated heterocycles. The predicted molar refractivity (Wildman–Crippen MR) is 128 cm³/mol. The Labute approximate surface area is 205 Å². The lowest BCUT2D eigenvalue weighted by Gasteiger charge is -2.08. The van der Waals surface area contributed by atoms with Crippen LogP contribution < -0.4 is 10.6 Å². The van der Waals surface area contributed by atoms with Gasteiger partial charge in [-0.3, -0.25) is 14.4 Å². The molecule has 0 atom stereocenters. The number of benzene rings is 2. The summed E-state index contributed by atoms with van der Waals surface area (Å²) in [4.78, 5) is 47.5. The number of rotatable bonds is 11. The number of halogens is 2. The normalized spacial score (nSPS) is 10.3. The van der Waals surface area contributed by atoms with Crippen LogP contribution in [0.1, 0.15) is 43.0 Å². The molecule has 8 nitrogen and oxygen atoms in total. The molecule has 0 radical (unpaired) electrons. The molecule has 2 rings (SSSR count). The first-order chi connectivity index (χ1) is 15.8. The van der Waals surface area contributed by atoms with Crippen molar-refractivity contribution in [1.29, 1.82) is 0 Å². The van der Waals surface area contributed by atoms with Crippen molar-refractivity contribution in [2.75, 3.05) is 23.8 Å². The zero-order chi connectivity index (χ0) is 24.2. The number of ether oxygens (including phenoxy) is 2. The molecule has 0 heterocycles. The van der Waals surface area contributed by atoms with Gasteiger partial charge in [0.25, 0.3) is 5.91 Å². The van der Waals surface area contributed by atoms with Crippen LogP contribution in [-0.4, -0.2) is 37.0 Å². The quantitative estimate of drug-likeness (QED) is 0.391. The van der Waals surface area contributed by atoms with Gasteiger partial charge in [-0.25, -0.2) is 4.79 Å². The van der Waals surface area contributed by atoms with Crippen LogP contribution in [0.3, 0.4) is 0 Å². The maximum absolute atomic E-state index is 12.0. The SMILES string of the molecule is CCCOC(=O)c1ccc(NC(=O)CCCC(=O)OCC(=O)Nc2ccc(Br)c(Cl)c2)cc1. The van der Waals surface area contributed by atoms with Crippen molar-refractivity contribution in [3.8, 4) is 0 Å². The second-order valence-electron chi connectivity index (χ2n) is 6.95. The van der Waals surface area contributed by atoms with Gasteiger partial charge in [-0.05, 0) is 71.2 Å². The number of nitrogens with one attached hydrogen (secondary N) is 2. The molecule has 2 aromatic rings. The highest BCUT2D eigenvalue weighted by molar-refractivity contribution is 9.10. The third-order valence-corrected chi connectivity index (χ3v) is 5.43. The Morgan fingerprint density at radius 1 is 0.909 bits per heavy atom. The molecular weight excluding hydrogens is 516 g/mol. The van der Waals surface area contributed by atoms with Gasteiger partial charge in [0.1, 0.15) is 0 Å². The number of hydrogen-bond donors (Lipinski definition) is 2. The minimum Gasteiger partial charge on any atom is -0.462 e. The summed E-state index contributed by atoms with van der Waals surface area (Å²) < 4.78 is 10.7. The first kappa shape index (κ1) is 26.3. The fourth-order valence-electron chi connectivity index (χ4n) is 2.57. The van der Waals surface area contributed by atoms with Crippen LogP contribution in [0, 0.1) is 0 Å². The Morgan fingerprint density at radius 3 is 2.24 bits per heavy atom. The molecule has 33 heavy (non-hydrogen) atoms. The van der Waals surface area contributed by atoms with Crippen LogP contribution in [0.4, 0.5) is 11.4 Å². The molecular formula is C23H24BrClN2O6. The van der Waals surface area contributed by atoms with Crippen molar-refractivity contribution >= 4 is 62.7 Å². The summed E-state index contributed by atoms with van der Waals surface area (Å²) in [6.07, 6.45) is 1.09. The Bertz CT molecular complexity index is 997. The number of hydrogen-bond acceptors (Lipinski definition) is 6. The zero-order valence-corrected chi connectivity index (χ0v) is 20.3. The van der Waals surface area contributed by atoms with Crippen LogP contribution in [0.2, 0.25) is 5.02 Å². The lowest BCUT2D eigenvalue weighted by Crippen LogP contribution is -2.21. The molecule has 0 spiro atoms. The maximum Gasteiger partial charge on any atom is 0.338 e. The topological polar surface area (TPSA) is 111 Å². The molecule has 0 aliphatic carbocycles. The maximum atomic E-state index is 12.0. The summed E-state index contributed by atoms with van der Waals surface area (Å²) in [5, 5.41) is 5.70. The highest BCUT2D eigenvalue weighted by Gasteiger charge is 2.11. The van der Waals surface area contributed by atoms with Gasteiger partial charge in [-0.15, -0.1) is 0 Å². The van der Waals surface area contributed by atoms with Gasteiger partial charge in [0.05, 0.1) is 17.2 Å². The second kappa shape index (κ2) is 13.6. The van der Waals surface area contributed by atoms with Crippen molar-refractivity contribution in [3.63, 3.8) is 0 Å². The van der Waals surface area contributed by atoms with E-state index in [1.54, 1.807) is 42.5 Å². The van der Waals surface area contributed by atoms with E-state index in [-0.39, 0.29) is 25.2 Å². The van der Waals surface area contributed by atoms with E-state index in [1.807, 2.05) is 6.92 Å². The Morgan fingerprint density at radius 2 is 1.58 bits per heavy atom. The summed E-state index contributed by atoms with van der Waals surface area (Å²) in [5.74, 6) is -1.78. The largest absolute Gasteiger partial charge is 0.462 e. The number of carbonyl (C=O) groups is 4. The van der Waals surface area contributed by atoms with E-state index < -0.39 is 24.5 Å². The summed E-state index contributed by atoms with van der Waals surface area (Å²) in [6.45, 7) is 1.82. The third-order valence-electron chi connectivity index (χ3n) is 4.19. The minimum atomic E-state index is -0.582. The van der Waals surface area contributed by atoms with Gasteiger partial charge < -0.3 is 20.1 Å². The Kier molecular flexibility index (Phi) is 10.9. The van der Waals surface area contributed by atoms with E-state index in [1.165, 1.54) is 0 Å². The average Bonchev–Trinajstić information content (AvgIpc) is 2.79. The number of esters is 2. The standard InChI is InChI=1S/C23H24BrClN2O6/c1-2-12-32-23(31)15-6-8-16(9-7-15)26-20(28)4-3-5-22(30)33-14-21(29)27-17-10-11-18(24)19(25)13-17/h6-11,13H,2-5,12,14H2,1H3,(H,26,28)(H,27,29). The van der Waals surface area contributed by atoms with Crippen LogP contribution in [0.5, 0.6) is 0 Å². The van der Waals surface area contributed by atoms with E-state index in [0.717, 1.165) is 6.42 Å². The molecule has 0 aliphatic rings. The van der Waals surface area contributed by atoms with Crippen LogP contribution in [0.25, 0.3) is 0 Å². The van der Waals surface area contributed by atoms with E-state index in [9.17, 15) is 19.2 Å². The molecule has 0 fully saturated rings. The molecule has 0 unspecified atom stereocenters. The number of anilines is 2. The molecule has 2 amide bonds. The minimum absolute atomic E-state index is 0.00693. The molecule has 2 N–H and O–H groups in total. The highest BCUT2D eigenvalue weighted by Crippen LogP contribution is 2.25. The summed E-state index contributed by atoms with van der Waals surface area (Å²) in [7, 11) is 0. The van der Waals surface area contributed by atoms with E-state index in [2.05, 4.69) is 26.6 Å². The number of carbonyl (C=O) groups excluding carboxylic acids is 4. The van der Waals surface area contributed by atoms with E-state index in [4.69, 9.17) is 21.1 Å². The van der Waals surface area contributed by atoms with Crippen LogP contribution >= 0.6 is 27.5 Å². The van der Waals surface area contributed by atoms with Gasteiger partial charge >= 0.3 is 11.9 Å². The monoisotopic (exact) mass is 538 g/mol. The van der Waals surface area contributed by atoms with Gasteiger partial charge in [0, 0.05) is 28.7 Å². The fourth-order valence-corrected chi connectivity index (χ4v) is 3.00. The van der Waals surface area contributed by atoms with Crippen LogP contribution in [0.15, 0.2) is 46.9 Å². The van der Waals surface area contributed by atoms with E-state index >= 15 is 0 Å². The third kappa shape index (κ3) is 9.63. The smallest absolute Gasteiger partial charge is 0.338 e. The van der Waals surface area contributed by atoms with Crippen molar-refractivity contribution in [2.45, 2.75) is 32.6 Å². The molecule has 10 heteroatoms.